The van der Waals surface area contributed by atoms with Crippen molar-refractivity contribution < 1.29 is 22.7 Å². The van der Waals surface area contributed by atoms with Crippen LogP contribution in [0.5, 0.6) is 5.75 Å². The Bertz CT molecular complexity index is 1060. The highest BCUT2D eigenvalue weighted by molar-refractivity contribution is 5.80. The summed E-state index contributed by atoms with van der Waals surface area (Å²) in [5.74, 6) is -2.22. The van der Waals surface area contributed by atoms with Gasteiger partial charge >= 0.3 is 6.18 Å². The second-order valence-corrected chi connectivity index (χ2v) is 11.5. The number of amides is 1. The fourth-order valence-corrected chi connectivity index (χ4v) is 5.94. The van der Waals surface area contributed by atoms with Crippen LogP contribution in [-0.4, -0.2) is 30.3 Å². The number of alkyl halides is 3. The topological polar surface area (TPSA) is 41.6 Å². The van der Waals surface area contributed by atoms with Gasteiger partial charge in [0, 0.05) is 18.0 Å². The standard InChI is InChI=1S/C30H39F3N2O2/c1-29(2,3)22-14-16-26(37-4)21(18-22)19-34-27-17-15-25(20-10-6-5-7-11-20)35(27)28(36)23-12-8-9-13-24(23)30(31,32)33/h5-7,10-11,14,16,18,23-25,27,34H,8-9,12-13,15,17,19H2,1-4H3. The van der Waals surface area contributed by atoms with E-state index in [2.05, 4.69) is 38.2 Å². The number of ether oxygens (including phenoxy) is 1. The Kier molecular flexibility index (Phi) is 8.22. The molecule has 1 saturated heterocycles. The molecule has 4 rings (SSSR count). The number of nitrogens with zero attached hydrogens (tertiary/aromatic N) is 1. The van der Waals surface area contributed by atoms with Crippen molar-refractivity contribution in [3.05, 3.63) is 65.2 Å². The van der Waals surface area contributed by atoms with Crippen LogP contribution in [0.2, 0.25) is 0 Å². The SMILES string of the molecule is COc1ccc(C(C)(C)C)cc1CNC1CCC(c2ccccc2)N1C(=O)C1CCCCC1C(F)(F)F. The van der Waals surface area contributed by atoms with Gasteiger partial charge in [-0.15, -0.1) is 0 Å². The zero-order valence-electron chi connectivity index (χ0n) is 22.3. The molecule has 202 valence electrons. The van der Waals surface area contributed by atoms with E-state index >= 15 is 0 Å². The Balaban J connectivity index is 1.62. The van der Waals surface area contributed by atoms with Crippen molar-refractivity contribution in [2.24, 2.45) is 11.8 Å². The molecule has 1 aliphatic carbocycles. The second-order valence-electron chi connectivity index (χ2n) is 11.5. The molecule has 1 amide bonds. The molecule has 2 aromatic rings. The molecule has 0 spiro atoms. The van der Waals surface area contributed by atoms with Gasteiger partial charge in [-0.25, -0.2) is 0 Å². The van der Waals surface area contributed by atoms with Crippen molar-refractivity contribution in [2.45, 2.75) is 89.6 Å². The smallest absolute Gasteiger partial charge is 0.392 e. The highest BCUT2D eigenvalue weighted by atomic mass is 19.4. The van der Waals surface area contributed by atoms with Crippen LogP contribution in [0.4, 0.5) is 13.2 Å². The van der Waals surface area contributed by atoms with E-state index < -0.39 is 18.0 Å². The van der Waals surface area contributed by atoms with Crippen molar-refractivity contribution in [3.8, 4) is 5.75 Å². The van der Waals surface area contributed by atoms with Gasteiger partial charge < -0.3 is 9.64 Å². The molecule has 2 aromatic carbocycles. The van der Waals surface area contributed by atoms with Crippen LogP contribution >= 0.6 is 0 Å². The third-order valence-corrected chi connectivity index (χ3v) is 8.00. The van der Waals surface area contributed by atoms with Crippen LogP contribution in [0, 0.1) is 11.8 Å². The molecule has 0 bridgehead atoms. The fourth-order valence-electron chi connectivity index (χ4n) is 5.94. The molecule has 4 nitrogen and oxygen atoms in total. The van der Waals surface area contributed by atoms with Crippen LogP contribution in [0.3, 0.4) is 0 Å². The average molecular weight is 517 g/mol. The van der Waals surface area contributed by atoms with Gasteiger partial charge in [-0.2, -0.15) is 13.2 Å². The lowest BCUT2D eigenvalue weighted by molar-refractivity contribution is -0.201. The molecule has 2 fully saturated rings. The molecule has 4 unspecified atom stereocenters. The molecule has 0 radical (unpaired) electrons. The van der Waals surface area contributed by atoms with Gasteiger partial charge in [0.2, 0.25) is 5.91 Å². The van der Waals surface area contributed by atoms with Gasteiger partial charge in [-0.05, 0) is 48.3 Å². The number of carbonyl (C=O) groups excluding carboxylic acids is 1. The van der Waals surface area contributed by atoms with E-state index in [4.69, 9.17) is 4.74 Å². The maximum Gasteiger partial charge on any atom is 0.392 e. The van der Waals surface area contributed by atoms with Crippen molar-refractivity contribution in [2.75, 3.05) is 7.11 Å². The van der Waals surface area contributed by atoms with Gasteiger partial charge in [-0.1, -0.05) is 76.1 Å². The summed E-state index contributed by atoms with van der Waals surface area (Å²) in [5, 5.41) is 3.52. The third kappa shape index (κ3) is 6.14. The largest absolute Gasteiger partial charge is 0.496 e. The lowest BCUT2D eigenvalue weighted by atomic mass is 9.77. The summed E-state index contributed by atoms with van der Waals surface area (Å²) in [6.07, 6.45) is -1.85. The molecule has 1 N–H and O–H groups in total. The van der Waals surface area contributed by atoms with Gasteiger partial charge in [0.1, 0.15) is 5.75 Å². The molecule has 1 heterocycles. The summed E-state index contributed by atoms with van der Waals surface area (Å²) in [4.78, 5) is 15.7. The molecular weight excluding hydrogens is 477 g/mol. The minimum Gasteiger partial charge on any atom is -0.496 e. The molecule has 37 heavy (non-hydrogen) atoms. The highest BCUT2D eigenvalue weighted by Crippen LogP contribution is 2.45. The predicted octanol–water partition coefficient (Wildman–Crippen LogP) is 7.14. The second kappa shape index (κ2) is 11.1. The van der Waals surface area contributed by atoms with E-state index in [0.717, 1.165) is 16.9 Å². The Morgan fingerprint density at radius 1 is 1.00 bits per heavy atom. The van der Waals surface area contributed by atoms with Crippen LogP contribution < -0.4 is 10.1 Å². The summed E-state index contributed by atoms with van der Waals surface area (Å²) in [5.41, 5.74) is 3.06. The number of methoxy groups -OCH3 is 1. The van der Waals surface area contributed by atoms with Gasteiger partial charge in [0.05, 0.1) is 25.2 Å². The van der Waals surface area contributed by atoms with Gasteiger partial charge in [-0.3, -0.25) is 10.1 Å². The van der Waals surface area contributed by atoms with Gasteiger partial charge in [0.15, 0.2) is 0 Å². The normalized spacial score (nSPS) is 24.8. The number of carbonyl (C=O) groups is 1. The molecule has 4 atom stereocenters. The Morgan fingerprint density at radius 3 is 2.35 bits per heavy atom. The monoisotopic (exact) mass is 516 g/mol. The predicted molar refractivity (Wildman–Crippen MR) is 139 cm³/mol. The van der Waals surface area contributed by atoms with Crippen molar-refractivity contribution >= 4 is 5.91 Å². The minimum absolute atomic E-state index is 0.0264. The summed E-state index contributed by atoms with van der Waals surface area (Å²) < 4.78 is 47.4. The van der Waals surface area contributed by atoms with Crippen molar-refractivity contribution in [1.82, 2.24) is 10.2 Å². The summed E-state index contributed by atoms with van der Waals surface area (Å²) in [7, 11) is 1.63. The maximum absolute atomic E-state index is 13.9. The first-order valence-electron chi connectivity index (χ1n) is 13.4. The maximum atomic E-state index is 13.9. The Labute approximate surface area is 218 Å². The fraction of sp³-hybridized carbons (Fsp3) is 0.567. The number of rotatable bonds is 6. The third-order valence-electron chi connectivity index (χ3n) is 8.00. The Hall–Kier alpha value is -2.54. The molecule has 2 aliphatic rings. The number of hydrogen-bond acceptors (Lipinski definition) is 3. The number of hydrogen-bond donors (Lipinski definition) is 1. The van der Waals surface area contributed by atoms with E-state index in [1.54, 1.807) is 12.0 Å². The quantitative estimate of drug-likeness (QED) is 0.444. The molecule has 7 heteroatoms. The van der Waals surface area contributed by atoms with E-state index in [-0.39, 0.29) is 36.4 Å². The van der Waals surface area contributed by atoms with E-state index in [9.17, 15) is 18.0 Å². The summed E-state index contributed by atoms with van der Waals surface area (Å²) >= 11 is 0. The van der Waals surface area contributed by atoms with E-state index in [1.165, 1.54) is 5.56 Å². The zero-order chi connectivity index (χ0) is 26.8. The van der Waals surface area contributed by atoms with E-state index in [1.807, 2.05) is 36.4 Å². The zero-order valence-corrected chi connectivity index (χ0v) is 22.3. The molecule has 1 saturated carbocycles. The molecule has 0 aromatic heterocycles. The first kappa shape index (κ1) is 27.5. The first-order chi connectivity index (χ1) is 17.5. The van der Waals surface area contributed by atoms with Crippen LogP contribution in [0.1, 0.15) is 82.0 Å². The minimum atomic E-state index is -4.37. The van der Waals surface area contributed by atoms with Crippen LogP contribution in [-0.2, 0) is 16.8 Å². The van der Waals surface area contributed by atoms with Crippen LogP contribution in [0.15, 0.2) is 48.5 Å². The van der Waals surface area contributed by atoms with Crippen molar-refractivity contribution in [3.63, 3.8) is 0 Å². The van der Waals surface area contributed by atoms with Gasteiger partial charge in [0.25, 0.3) is 0 Å². The van der Waals surface area contributed by atoms with Crippen LogP contribution in [0.25, 0.3) is 0 Å². The molecule has 1 aliphatic heterocycles. The first-order valence-corrected chi connectivity index (χ1v) is 13.4. The summed E-state index contributed by atoms with van der Waals surface area (Å²) in [6.45, 7) is 6.90. The average Bonchev–Trinajstić information content (AvgIpc) is 3.30. The van der Waals surface area contributed by atoms with E-state index in [0.29, 0.717) is 32.2 Å². The summed E-state index contributed by atoms with van der Waals surface area (Å²) in [6, 6.07) is 15.6. The Morgan fingerprint density at radius 2 is 1.70 bits per heavy atom. The molecular formula is C30H39F3N2O2. The van der Waals surface area contributed by atoms with Crippen molar-refractivity contribution in [1.29, 1.82) is 0 Å². The number of halogens is 3. The lowest BCUT2D eigenvalue weighted by Gasteiger charge is -2.39. The number of likely N-dealkylation sites (tertiary alicyclic amines) is 1. The lowest BCUT2D eigenvalue weighted by Crippen LogP contribution is -2.51. The highest BCUT2D eigenvalue weighted by Gasteiger charge is 2.51. The number of benzene rings is 2. The number of nitrogens with one attached hydrogen (secondary N) is 1.